The minimum atomic E-state index is -4.05. The lowest BCUT2D eigenvalue weighted by Gasteiger charge is -2.23. The number of ether oxygens (including phenoxy) is 2. The molecule has 0 aliphatic heterocycles. The molecule has 0 saturated carbocycles. The van der Waals surface area contributed by atoms with Gasteiger partial charge in [-0.2, -0.15) is 3.71 Å². The Bertz CT molecular complexity index is 1620. The number of anilines is 1. The molecule has 10 heteroatoms. The van der Waals surface area contributed by atoms with Gasteiger partial charge in [0.1, 0.15) is 17.2 Å². The highest BCUT2D eigenvalue weighted by Gasteiger charge is 2.32. The summed E-state index contributed by atoms with van der Waals surface area (Å²) in [5.74, 6) is 1.34. The Balaban J connectivity index is 1.84. The van der Waals surface area contributed by atoms with Gasteiger partial charge >= 0.3 is 0 Å². The highest BCUT2D eigenvalue weighted by atomic mass is 32.3. The lowest BCUT2D eigenvalue weighted by atomic mass is 9.87. The second-order valence-electron chi connectivity index (χ2n) is 11.8. The molecular formula is C31H38N4O4S2. The van der Waals surface area contributed by atoms with E-state index in [-0.39, 0.29) is 21.5 Å². The van der Waals surface area contributed by atoms with Gasteiger partial charge < -0.3 is 9.47 Å². The van der Waals surface area contributed by atoms with E-state index in [9.17, 15) is 8.42 Å². The molecule has 41 heavy (non-hydrogen) atoms. The highest BCUT2D eigenvalue weighted by Crippen LogP contribution is 2.38. The Morgan fingerprint density at radius 1 is 0.805 bits per heavy atom. The van der Waals surface area contributed by atoms with Crippen molar-refractivity contribution >= 4 is 27.8 Å². The Kier molecular flexibility index (Phi) is 8.47. The van der Waals surface area contributed by atoms with Crippen LogP contribution in [0, 0.1) is 6.92 Å². The summed E-state index contributed by atoms with van der Waals surface area (Å²) in [6.45, 7) is 14.5. The topological polar surface area (TPSA) is 86.6 Å². The predicted octanol–water partition coefficient (Wildman–Crippen LogP) is 7.09. The van der Waals surface area contributed by atoms with Crippen LogP contribution in [0.4, 0.5) is 5.82 Å². The van der Waals surface area contributed by atoms with Crippen LogP contribution in [0.2, 0.25) is 0 Å². The lowest BCUT2D eigenvalue weighted by molar-refractivity contribution is 0.400. The van der Waals surface area contributed by atoms with E-state index >= 15 is 0 Å². The van der Waals surface area contributed by atoms with Crippen molar-refractivity contribution in [2.45, 2.75) is 69.1 Å². The quantitative estimate of drug-likeness (QED) is 0.201. The molecule has 1 aromatic heterocycles. The van der Waals surface area contributed by atoms with Crippen LogP contribution >= 0.6 is 11.9 Å². The van der Waals surface area contributed by atoms with Gasteiger partial charge in [0.15, 0.2) is 5.82 Å². The van der Waals surface area contributed by atoms with Crippen LogP contribution in [0.25, 0.3) is 5.69 Å². The van der Waals surface area contributed by atoms with Gasteiger partial charge in [-0.15, -0.1) is 5.10 Å². The van der Waals surface area contributed by atoms with E-state index in [1.807, 2.05) is 36.4 Å². The largest absolute Gasteiger partial charge is 0.497 e. The van der Waals surface area contributed by atoms with Gasteiger partial charge in [0.25, 0.3) is 10.0 Å². The van der Waals surface area contributed by atoms with Crippen molar-refractivity contribution in [2.24, 2.45) is 0 Å². The summed E-state index contributed by atoms with van der Waals surface area (Å²) in [6.07, 6.45) is 0. The Morgan fingerprint density at radius 3 is 1.88 bits per heavy atom. The van der Waals surface area contributed by atoms with Gasteiger partial charge in [0, 0.05) is 22.9 Å². The molecule has 1 heterocycles. The lowest BCUT2D eigenvalue weighted by Crippen LogP contribution is -2.25. The van der Waals surface area contributed by atoms with Crippen LogP contribution in [0.1, 0.15) is 58.4 Å². The molecule has 0 fully saturated rings. The summed E-state index contributed by atoms with van der Waals surface area (Å²) in [6, 6.07) is 20.3. The Labute approximate surface area is 247 Å². The van der Waals surface area contributed by atoms with Gasteiger partial charge in [-0.05, 0) is 65.3 Å². The number of nitrogens with zero attached hydrogens (tertiary/aromatic N) is 4. The second-order valence-corrected chi connectivity index (χ2v) is 14.9. The molecule has 4 aromatic rings. The molecule has 8 nitrogen and oxygen atoms in total. The maximum Gasteiger partial charge on any atom is 0.275 e. The molecule has 4 rings (SSSR count). The van der Waals surface area contributed by atoms with Crippen LogP contribution < -0.4 is 13.2 Å². The average molecular weight is 595 g/mol. The second kappa shape index (κ2) is 11.4. The van der Waals surface area contributed by atoms with Crippen molar-refractivity contribution in [2.75, 3.05) is 17.9 Å². The van der Waals surface area contributed by atoms with E-state index in [0.717, 1.165) is 28.0 Å². The van der Waals surface area contributed by atoms with Crippen molar-refractivity contribution < 1.29 is 17.9 Å². The van der Waals surface area contributed by atoms with Crippen LogP contribution in [0.5, 0.6) is 11.5 Å². The summed E-state index contributed by atoms with van der Waals surface area (Å²) >= 11 is 1.09. The number of sulfonamides is 1. The number of rotatable bonds is 8. The number of benzene rings is 3. The van der Waals surface area contributed by atoms with E-state index < -0.39 is 10.0 Å². The normalized spacial score (nSPS) is 12.3. The first-order chi connectivity index (χ1) is 19.2. The molecule has 0 atom stereocenters. The molecule has 0 aliphatic carbocycles. The zero-order valence-corrected chi connectivity index (χ0v) is 26.7. The van der Waals surface area contributed by atoms with Crippen LogP contribution in [-0.4, -0.2) is 37.6 Å². The number of methoxy groups -OCH3 is 2. The first kappa shape index (κ1) is 30.5. The van der Waals surface area contributed by atoms with Crippen LogP contribution in [0.3, 0.4) is 0 Å². The van der Waals surface area contributed by atoms with E-state index in [4.69, 9.17) is 9.47 Å². The molecule has 218 valence electrons. The molecule has 0 aliphatic rings. The van der Waals surface area contributed by atoms with Crippen LogP contribution in [0.15, 0.2) is 76.5 Å². The third-order valence-corrected chi connectivity index (χ3v) is 9.91. The van der Waals surface area contributed by atoms with E-state index in [2.05, 4.69) is 51.9 Å². The first-order valence-corrected chi connectivity index (χ1v) is 15.5. The number of aromatic nitrogens is 3. The fourth-order valence-corrected chi connectivity index (χ4v) is 6.90. The summed E-state index contributed by atoms with van der Waals surface area (Å²) < 4.78 is 42.2. The van der Waals surface area contributed by atoms with Crippen molar-refractivity contribution in [3.8, 4) is 17.2 Å². The third kappa shape index (κ3) is 6.38. The van der Waals surface area contributed by atoms with Crippen molar-refractivity contribution in [1.82, 2.24) is 15.0 Å². The fraction of sp³-hybridized carbons (Fsp3) is 0.355. The zero-order chi connectivity index (χ0) is 30.2. The molecule has 0 N–H and O–H groups in total. The van der Waals surface area contributed by atoms with Gasteiger partial charge in [0.2, 0.25) is 0 Å². The predicted molar refractivity (Wildman–Crippen MR) is 165 cm³/mol. The monoisotopic (exact) mass is 594 g/mol. The highest BCUT2D eigenvalue weighted by molar-refractivity contribution is 8.14. The maximum atomic E-state index is 14.2. The van der Waals surface area contributed by atoms with Crippen molar-refractivity contribution in [1.29, 1.82) is 0 Å². The molecule has 0 amide bonds. The van der Waals surface area contributed by atoms with Crippen molar-refractivity contribution in [3.05, 3.63) is 83.6 Å². The van der Waals surface area contributed by atoms with Gasteiger partial charge in [0.05, 0.1) is 24.8 Å². The molecule has 0 unspecified atom stereocenters. The van der Waals surface area contributed by atoms with Gasteiger partial charge in [-0.1, -0.05) is 71.0 Å². The SMILES string of the molecule is COc1ccc(OC)c(-n2nnc(N(Sc3ccc(C(C)(C)C)cc3)S(=O)(=O)c3ccc(C(C)(C)C)cc3)c2C)c1. The molecule has 0 radical (unpaired) electrons. The van der Waals surface area contributed by atoms with Crippen LogP contribution in [-0.2, 0) is 20.9 Å². The van der Waals surface area contributed by atoms with E-state index in [1.165, 1.54) is 3.71 Å². The number of hydrogen-bond acceptors (Lipinski definition) is 7. The Hall–Kier alpha value is -3.50. The first-order valence-electron chi connectivity index (χ1n) is 13.3. The third-order valence-electron chi connectivity index (χ3n) is 6.80. The molecule has 3 aromatic carbocycles. The molecular weight excluding hydrogens is 556 g/mol. The van der Waals surface area contributed by atoms with Gasteiger partial charge in [-0.25, -0.2) is 13.1 Å². The summed E-state index contributed by atoms with van der Waals surface area (Å²) in [4.78, 5) is 0.915. The van der Waals surface area contributed by atoms with Gasteiger partial charge in [-0.3, -0.25) is 0 Å². The van der Waals surface area contributed by atoms with E-state index in [0.29, 0.717) is 22.9 Å². The molecule has 0 spiro atoms. The average Bonchev–Trinajstić information content (AvgIpc) is 3.30. The standard InChI is InChI=1S/C31H38N4O4S2/c1-21-29(32-33-34(21)27-20-24(38-8)14-19-28(27)39-9)35(40-25-15-10-22(11-16-25)30(2,3)4)41(36,37)26-17-12-23(13-18-26)31(5,6)7/h10-20H,1-9H3. The fourth-order valence-electron chi connectivity index (χ4n) is 4.22. The molecule has 0 bridgehead atoms. The number of hydrogen-bond donors (Lipinski definition) is 0. The maximum absolute atomic E-state index is 14.2. The minimum Gasteiger partial charge on any atom is -0.497 e. The van der Waals surface area contributed by atoms with E-state index in [1.54, 1.807) is 56.2 Å². The Morgan fingerprint density at radius 2 is 1.37 bits per heavy atom. The van der Waals surface area contributed by atoms with Crippen molar-refractivity contribution in [3.63, 3.8) is 0 Å². The zero-order valence-electron chi connectivity index (χ0n) is 25.1. The summed E-state index contributed by atoms with van der Waals surface area (Å²) in [5.41, 5.74) is 3.15. The smallest absolute Gasteiger partial charge is 0.275 e. The minimum absolute atomic E-state index is 0.0289. The summed E-state index contributed by atoms with van der Waals surface area (Å²) in [5, 5.41) is 8.71. The molecule has 0 saturated heterocycles. The summed E-state index contributed by atoms with van der Waals surface area (Å²) in [7, 11) is -0.910.